The number of ketones is 1. The lowest BCUT2D eigenvalue weighted by Crippen LogP contribution is -2.49. The molecule has 34 heavy (non-hydrogen) atoms. The summed E-state index contributed by atoms with van der Waals surface area (Å²) in [6, 6.07) is 11.6. The monoisotopic (exact) mass is 484 g/mol. The van der Waals surface area contributed by atoms with E-state index in [4.69, 9.17) is 9.56 Å². The van der Waals surface area contributed by atoms with Crippen molar-refractivity contribution in [3.63, 3.8) is 0 Å². The molecular weight excluding hydrogens is 456 g/mol. The van der Waals surface area contributed by atoms with E-state index < -0.39 is 10.0 Å². The molecule has 1 aliphatic rings. The quantitative estimate of drug-likeness (QED) is 0.536. The number of amides is 1. The maximum Gasteiger partial charge on any atom is 0.289 e. The van der Waals surface area contributed by atoms with Gasteiger partial charge < -0.3 is 13.9 Å². The van der Waals surface area contributed by atoms with Gasteiger partial charge in [0.05, 0.1) is 11.4 Å². The first-order chi connectivity index (χ1) is 16.0. The largest absolute Gasteiger partial charge is 0.456 e. The fourth-order valence-corrected chi connectivity index (χ4v) is 4.85. The number of nitrogens with two attached hydrogens (primary N) is 1. The van der Waals surface area contributed by atoms with Gasteiger partial charge in [0.25, 0.3) is 5.91 Å². The molecule has 0 unspecified atom stereocenters. The average Bonchev–Trinajstić information content (AvgIpc) is 3.36. The van der Waals surface area contributed by atoms with Crippen LogP contribution in [0.15, 0.2) is 51.8 Å². The van der Waals surface area contributed by atoms with Crippen molar-refractivity contribution in [1.29, 1.82) is 0 Å². The molecule has 2 aromatic heterocycles. The number of nitrogens with zero attached hydrogens (tertiary/aromatic N) is 3. The number of furan rings is 1. The number of primary sulfonamides is 1. The van der Waals surface area contributed by atoms with Crippen LogP contribution in [0.4, 0.5) is 0 Å². The lowest BCUT2D eigenvalue weighted by molar-refractivity contribution is 0.0595. The maximum absolute atomic E-state index is 13.1. The molecule has 0 spiro atoms. The van der Waals surface area contributed by atoms with E-state index in [1.165, 1.54) is 12.1 Å². The molecule has 1 aliphatic heterocycles. The van der Waals surface area contributed by atoms with Crippen molar-refractivity contribution in [3.8, 4) is 5.69 Å². The van der Waals surface area contributed by atoms with Gasteiger partial charge in [-0.05, 0) is 63.2 Å². The number of carbonyl (C=O) groups is 2. The van der Waals surface area contributed by atoms with E-state index in [-0.39, 0.29) is 23.1 Å². The second kappa shape index (κ2) is 9.21. The van der Waals surface area contributed by atoms with Crippen molar-refractivity contribution in [2.75, 3.05) is 32.7 Å². The van der Waals surface area contributed by atoms with E-state index in [9.17, 15) is 18.0 Å². The topological polar surface area (TPSA) is 119 Å². The Morgan fingerprint density at radius 1 is 0.971 bits per heavy atom. The summed E-state index contributed by atoms with van der Waals surface area (Å²) in [6.07, 6.45) is 0. The van der Waals surface area contributed by atoms with E-state index in [1.807, 2.05) is 29.4 Å². The Balaban J connectivity index is 1.42. The SMILES string of the molecule is Cc1ccc(C(=O)N2CCN(CC(=O)c3cc(C)n(-c4ccc(S(N)(=O)=O)cc4)c3C)CC2)o1. The normalized spacial score (nSPS) is 15.0. The molecule has 0 aliphatic carbocycles. The van der Waals surface area contributed by atoms with Crippen molar-refractivity contribution in [2.45, 2.75) is 25.7 Å². The van der Waals surface area contributed by atoms with Gasteiger partial charge >= 0.3 is 0 Å². The van der Waals surface area contributed by atoms with Crippen LogP contribution in [-0.2, 0) is 10.0 Å². The zero-order chi connectivity index (χ0) is 24.6. The molecule has 0 atom stereocenters. The predicted octanol–water partition coefficient (Wildman–Crippen LogP) is 2.28. The van der Waals surface area contributed by atoms with E-state index in [1.54, 1.807) is 36.1 Å². The van der Waals surface area contributed by atoms with E-state index in [0.29, 0.717) is 43.3 Å². The summed E-state index contributed by atoms with van der Waals surface area (Å²) in [5, 5.41) is 5.18. The lowest BCUT2D eigenvalue weighted by Gasteiger charge is -2.33. The number of aromatic nitrogens is 1. The first kappa shape index (κ1) is 23.9. The Bertz CT molecular complexity index is 1330. The van der Waals surface area contributed by atoms with Crippen LogP contribution in [0.25, 0.3) is 5.69 Å². The smallest absolute Gasteiger partial charge is 0.289 e. The summed E-state index contributed by atoms with van der Waals surface area (Å²) >= 11 is 0. The minimum atomic E-state index is -3.77. The van der Waals surface area contributed by atoms with Crippen molar-refractivity contribution >= 4 is 21.7 Å². The number of benzene rings is 1. The predicted molar refractivity (Wildman–Crippen MR) is 127 cm³/mol. The van der Waals surface area contributed by atoms with Gasteiger partial charge in [-0.25, -0.2) is 13.6 Å². The highest BCUT2D eigenvalue weighted by Crippen LogP contribution is 2.23. The molecule has 1 saturated heterocycles. The van der Waals surface area contributed by atoms with Gasteiger partial charge in [-0.3, -0.25) is 14.5 Å². The Hall–Kier alpha value is -3.21. The van der Waals surface area contributed by atoms with E-state index in [0.717, 1.165) is 17.1 Å². The molecule has 1 amide bonds. The van der Waals surface area contributed by atoms with Crippen LogP contribution in [-0.4, -0.2) is 67.2 Å². The Kier molecular flexibility index (Phi) is 6.48. The van der Waals surface area contributed by atoms with Crippen molar-refractivity contribution in [3.05, 3.63) is 70.9 Å². The second-order valence-corrected chi connectivity index (χ2v) is 10.1. The third kappa shape index (κ3) is 4.84. The van der Waals surface area contributed by atoms with Crippen molar-refractivity contribution < 1.29 is 22.4 Å². The molecule has 0 bridgehead atoms. The van der Waals surface area contributed by atoms with Gasteiger partial charge in [0.1, 0.15) is 5.76 Å². The minimum Gasteiger partial charge on any atom is -0.456 e. The highest BCUT2D eigenvalue weighted by Gasteiger charge is 2.26. The first-order valence-electron chi connectivity index (χ1n) is 11.0. The molecule has 10 heteroatoms. The molecule has 9 nitrogen and oxygen atoms in total. The fraction of sp³-hybridized carbons (Fsp3) is 0.333. The zero-order valence-electron chi connectivity index (χ0n) is 19.4. The maximum atomic E-state index is 13.1. The Morgan fingerprint density at radius 3 is 2.18 bits per heavy atom. The molecular formula is C24H28N4O5S. The average molecular weight is 485 g/mol. The summed E-state index contributed by atoms with van der Waals surface area (Å²) in [7, 11) is -3.77. The van der Waals surface area contributed by atoms with Gasteiger partial charge in [-0.15, -0.1) is 0 Å². The molecule has 2 N–H and O–H groups in total. The third-order valence-corrected chi connectivity index (χ3v) is 7.06. The van der Waals surface area contributed by atoms with Gasteiger partial charge in [0, 0.05) is 48.8 Å². The molecule has 0 radical (unpaired) electrons. The molecule has 1 aromatic carbocycles. The van der Waals surface area contributed by atoms with E-state index >= 15 is 0 Å². The summed E-state index contributed by atoms with van der Waals surface area (Å²) in [5.74, 6) is 0.912. The molecule has 4 rings (SSSR count). The summed E-state index contributed by atoms with van der Waals surface area (Å²) in [6.45, 7) is 8.10. The van der Waals surface area contributed by atoms with Gasteiger partial charge in [-0.2, -0.15) is 0 Å². The summed E-state index contributed by atoms with van der Waals surface area (Å²) < 4.78 is 30.4. The number of piperazine rings is 1. The number of rotatable bonds is 6. The van der Waals surface area contributed by atoms with Crippen LogP contribution in [0.2, 0.25) is 0 Å². The number of hydrogen-bond donors (Lipinski definition) is 1. The van der Waals surface area contributed by atoms with Crippen LogP contribution >= 0.6 is 0 Å². The fourth-order valence-electron chi connectivity index (χ4n) is 4.33. The lowest BCUT2D eigenvalue weighted by atomic mass is 10.1. The molecule has 0 saturated carbocycles. The molecule has 1 fully saturated rings. The van der Waals surface area contributed by atoms with Crippen LogP contribution in [0, 0.1) is 20.8 Å². The first-order valence-corrected chi connectivity index (χ1v) is 12.5. The second-order valence-electron chi connectivity index (χ2n) is 8.56. The van der Waals surface area contributed by atoms with Crippen LogP contribution < -0.4 is 5.14 Å². The summed E-state index contributed by atoms with van der Waals surface area (Å²) in [4.78, 5) is 29.5. The minimum absolute atomic E-state index is 0.00180. The number of aryl methyl sites for hydroxylation is 2. The van der Waals surface area contributed by atoms with Crippen LogP contribution in [0.3, 0.4) is 0 Å². The van der Waals surface area contributed by atoms with Gasteiger partial charge in [-0.1, -0.05) is 0 Å². The van der Waals surface area contributed by atoms with E-state index in [2.05, 4.69) is 0 Å². The Morgan fingerprint density at radius 2 is 1.62 bits per heavy atom. The highest BCUT2D eigenvalue weighted by molar-refractivity contribution is 7.89. The van der Waals surface area contributed by atoms with Crippen LogP contribution in [0.1, 0.15) is 38.1 Å². The highest BCUT2D eigenvalue weighted by atomic mass is 32.2. The van der Waals surface area contributed by atoms with Crippen molar-refractivity contribution in [2.24, 2.45) is 5.14 Å². The third-order valence-electron chi connectivity index (χ3n) is 6.13. The van der Waals surface area contributed by atoms with Gasteiger partial charge in [0.2, 0.25) is 10.0 Å². The number of carbonyl (C=O) groups excluding carboxylic acids is 2. The summed E-state index contributed by atoms with van der Waals surface area (Å²) in [5.41, 5.74) is 3.03. The number of sulfonamides is 1. The van der Waals surface area contributed by atoms with Crippen LogP contribution in [0.5, 0.6) is 0 Å². The number of hydrogen-bond acceptors (Lipinski definition) is 6. The standard InChI is InChI=1S/C24H28N4O5S/c1-16-14-21(18(3)28(16)19-5-7-20(8-6-19)34(25,31)32)22(29)15-26-10-12-27(13-11-26)24(30)23-9-4-17(2)33-23/h4-9,14H,10-13,15H2,1-3H3,(H2,25,31,32). The zero-order valence-corrected chi connectivity index (χ0v) is 20.3. The molecule has 3 aromatic rings. The van der Waals surface area contributed by atoms with Crippen molar-refractivity contribution in [1.82, 2.24) is 14.4 Å². The molecule has 3 heterocycles. The molecule has 180 valence electrons. The van der Waals surface area contributed by atoms with Gasteiger partial charge in [0.15, 0.2) is 11.5 Å². The Labute approximate surface area is 198 Å². The number of Topliss-reactive ketones (excluding diaryl/α,β-unsaturated/α-hetero) is 1.